The fourth-order valence-corrected chi connectivity index (χ4v) is 3.06. The van der Waals surface area contributed by atoms with Gasteiger partial charge in [-0.05, 0) is 49.2 Å². The highest BCUT2D eigenvalue weighted by atomic mass is 32.2. The molecule has 2 aromatic carbocycles. The van der Waals surface area contributed by atoms with E-state index < -0.39 is 14.9 Å². The maximum Gasteiger partial charge on any atom is 0.272 e. The molecule has 2 N–H and O–H groups in total. The van der Waals surface area contributed by atoms with Crippen LogP contribution in [0.3, 0.4) is 0 Å². The fourth-order valence-electron chi connectivity index (χ4n) is 2.02. The average Bonchev–Trinajstić information content (AvgIpc) is 2.49. The third-order valence-electron chi connectivity index (χ3n) is 3.22. The Balaban J connectivity index is 2.36. The molecule has 0 aromatic heterocycles. The van der Waals surface area contributed by atoms with Crippen LogP contribution in [0.1, 0.15) is 16.7 Å². The van der Waals surface area contributed by atoms with Crippen LogP contribution in [-0.4, -0.2) is 13.5 Å². The zero-order valence-electron chi connectivity index (χ0n) is 12.7. The molecule has 0 aliphatic heterocycles. The zero-order valence-corrected chi connectivity index (χ0v) is 13.6. The molecule has 23 heavy (non-hydrogen) atoms. The molecule has 0 fully saturated rings. The van der Waals surface area contributed by atoms with E-state index in [4.69, 9.17) is 0 Å². The van der Waals surface area contributed by atoms with Gasteiger partial charge in [-0.1, -0.05) is 29.8 Å². The summed E-state index contributed by atoms with van der Waals surface area (Å²) in [6.45, 7) is 3.71. The van der Waals surface area contributed by atoms with Crippen molar-refractivity contribution >= 4 is 21.8 Å². The lowest BCUT2D eigenvalue weighted by Gasteiger charge is -2.10. The molecule has 0 saturated carbocycles. The first-order chi connectivity index (χ1) is 10.8. The number of allylic oxidation sites excluding steroid dienone is 1. The summed E-state index contributed by atoms with van der Waals surface area (Å²) < 4.78 is 27.2. The molecule has 5 nitrogen and oxygen atoms in total. The highest BCUT2D eigenvalue weighted by Gasteiger charge is 2.18. The van der Waals surface area contributed by atoms with Crippen LogP contribution in [0.4, 0.5) is 5.69 Å². The topological polar surface area (TPSA) is 90.2 Å². The minimum Gasteiger partial charge on any atom is -0.508 e. The van der Waals surface area contributed by atoms with Gasteiger partial charge in [0.1, 0.15) is 11.8 Å². The number of hydrogen-bond donors (Lipinski definition) is 2. The van der Waals surface area contributed by atoms with E-state index in [1.807, 2.05) is 13.0 Å². The summed E-state index contributed by atoms with van der Waals surface area (Å²) in [6.07, 6.45) is 1.26. The predicted molar refractivity (Wildman–Crippen MR) is 90.2 cm³/mol. The lowest BCUT2D eigenvalue weighted by molar-refractivity contribution is 0.475. The van der Waals surface area contributed by atoms with Crippen LogP contribution in [0.25, 0.3) is 6.08 Å². The third-order valence-corrected chi connectivity index (χ3v) is 4.49. The second-order valence-corrected chi connectivity index (χ2v) is 6.79. The van der Waals surface area contributed by atoms with Crippen molar-refractivity contribution in [3.8, 4) is 11.8 Å². The number of sulfonamides is 1. The van der Waals surface area contributed by atoms with Gasteiger partial charge in [0.2, 0.25) is 0 Å². The molecule has 0 aliphatic rings. The van der Waals surface area contributed by atoms with Gasteiger partial charge in [-0.2, -0.15) is 5.26 Å². The summed E-state index contributed by atoms with van der Waals surface area (Å²) in [5, 5.41) is 18.4. The van der Waals surface area contributed by atoms with Crippen LogP contribution in [0.5, 0.6) is 5.75 Å². The molecule has 0 saturated heterocycles. The Kier molecular flexibility index (Phi) is 4.72. The van der Waals surface area contributed by atoms with Crippen LogP contribution in [0.2, 0.25) is 0 Å². The first kappa shape index (κ1) is 16.6. The zero-order chi connectivity index (χ0) is 17.0. The Bertz CT molecular complexity index is 892. The van der Waals surface area contributed by atoms with Gasteiger partial charge >= 0.3 is 0 Å². The first-order valence-electron chi connectivity index (χ1n) is 6.83. The van der Waals surface area contributed by atoms with Crippen molar-refractivity contribution < 1.29 is 13.5 Å². The van der Waals surface area contributed by atoms with Crippen molar-refractivity contribution in [3.05, 3.63) is 64.1 Å². The number of rotatable bonds is 4. The molecule has 0 bridgehead atoms. The number of nitriles is 1. The average molecular weight is 328 g/mol. The van der Waals surface area contributed by atoms with Crippen LogP contribution >= 0.6 is 0 Å². The number of phenolic OH excluding ortho intramolecular Hbond substituents is 1. The summed E-state index contributed by atoms with van der Waals surface area (Å²) in [5.74, 6) is 0.0666. The first-order valence-corrected chi connectivity index (χ1v) is 8.31. The summed E-state index contributed by atoms with van der Waals surface area (Å²) in [5.41, 5.74) is 2.73. The molecule has 2 rings (SSSR count). The van der Waals surface area contributed by atoms with Crippen molar-refractivity contribution in [2.75, 3.05) is 4.72 Å². The maximum absolute atomic E-state index is 12.4. The number of anilines is 1. The monoisotopic (exact) mass is 328 g/mol. The van der Waals surface area contributed by atoms with Gasteiger partial charge < -0.3 is 5.11 Å². The molecule has 2 aromatic rings. The van der Waals surface area contributed by atoms with E-state index >= 15 is 0 Å². The summed E-state index contributed by atoms with van der Waals surface area (Å²) in [4.78, 5) is -0.400. The maximum atomic E-state index is 12.4. The Morgan fingerprint density at radius 1 is 1.17 bits per heavy atom. The predicted octanol–water partition coefficient (Wildman–Crippen LogP) is 3.32. The molecule has 0 unspecified atom stereocenters. The van der Waals surface area contributed by atoms with E-state index in [1.165, 1.54) is 30.3 Å². The SMILES string of the molecule is Cc1ccc(NS(=O)(=O)/C(C#N)=C/c2ccc(O)cc2)c(C)c1. The lowest BCUT2D eigenvalue weighted by Crippen LogP contribution is -2.15. The molecular weight excluding hydrogens is 312 g/mol. The minimum atomic E-state index is -3.98. The molecule has 0 aliphatic carbocycles. The molecule has 6 heteroatoms. The van der Waals surface area contributed by atoms with E-state index in [9.17, 15) is 18.8 Å². The van der Waals surface area contributed by atoms with Crippen molar-refractivity contribution in [1.29, 1.82) is 5.26 Å². The molecule has 0 heterocycles. The van der Waals surface area contributed by atoms with E-state index in [-0.39, 0.29) is 5.75 Å². The molecule has 118 valence electrons. The Morgan fingerprint density at radius 3 is 2.39 bits per heavy atom. The van der Waals surface area contributed by atoms with E-state index in [0.29, 0.717) is 11.3 Å². The van der Waals surface area contributed by atoms with E-state index in [2.05, 4.69) is 4.72 Å². The number of nitrogens with zero attached hydrogens (tertiary/aromatic N) is 1. The van der Waals surface area contributed by atoms with Crippen molar-refractivity contribution in [3.63, 3.8) is 0 Å². The van der Waals surface area contributed by atoms with Gasteiger partial charge in [0.05, 0.1) is 5.69 Å². The summed E-state index contributed by atoms with van der Waals surface area (Å²) in [6, 6.07) is 12.9. The smallest absolute Gasteiger partial charge is 0.272 e. The van der Waals surface area contributed by atoms with Crippen LogP contribution in [0.15, 0.2) is 47.4 Å². The van der Waals surface area contributed by atoms with Gasteiger partial charge in [-0.3, -0.25) is 4.72 Å². The number of aromatic hydroxyl groups is 1. The number of benzene rings is 2. The van der Waals surface area contributed by atoms with E-state index in [1.54, 1.807) is 25.1 Å². The normalized spacial score (nSPS) is 11.8. The summed E-state index contributed by atoms with van der Waals surface area (Å²) >= 11 is 0. The molecule has 0 spiro atoms. The Labute approximate surface area is 135 Å². The van der Waals surface area contributed by atoms with Gasteiger partial charge in [0.25, 0.3) is 10.0 Å². The molecular formula is C17H16N2O3S. The highest BCUT2D eigenvalue weighted by Crippen LogP contribution is 2.21. The molecule has 0 atom stereocenters. The van der Waals surface area contributed by atoms with E-state index in [0.717, 1.165) is 11.1 Å². The number of hydrogen-bond acceptors (Lipinski definition) is 4. The number of phenols is 1. The minimum absolute atomic E-state index is 0.0666. The highest BCUT2D eigenvalue weighted by molar-refractivity contribution is 7.97. The number of aryl methyl sites for hydroxylation is 2. The van der Waals surface area contributed by atoms with Gasteiger partial charge in [-0.25, -0.2) is 8.42 Å². The third kappa shape index (κ3) is 4.11. The van der Waals surface area contributed by atoms with Gasteiger partial charge in [0, 0.05) is 0 Å². The standard InChI is InChI=1S/C17H16N2O3S/c1-12-3-8-17(13(2)9-12)19-23(21,22)16(11-18)10-14-4-6-15(20)7-5-14/h3-10,19-20H,1-2H3/b16-10+. The van der Waals surface area contributed by atoms with Crippen LogP contribution in [0, 0.1) is 25.2 Å². The second kappa shape index (κ2) is 6.55. The summed E-state index contributed by atoms with van der Waals surface area (Å²) in [7, 11) is -3.98. The van der Waals surface area contributed by atoms with Crippen molar-refractivity contribution in [1.82, 2.24) is 0 Å². The number of nitrogens with one attached hydrogen (secondary N) is 1. The second-order valence-electron chi connectivity index (χ2n) is 5.14. The molecule has 0 radical (unpaired) electrons. The fraction of sp³-hybridized carbons (Fsp3) is 0.118. The Hall–Kier alpha value is -2.78. The lowest BCUT2D eigenvalue weighted by atomic mass is 10.1. The quantitative estimate of drug-likeness (QED) is 0.842. The Morgan fingerprint density at radius 2 is 1.83 bits per heavy atom. The van der Waals surface area contributed by atoms with Crippen molar-refractivity contribution in [2.45, 2.75) is 13.8 Å². The van der Waals surface area contributed by atoms with Crippen LogP contribution in [-0.2, 0) is 10.0 Å². The largest absolute Gasteiger partial charge is 0.508 e. The van der Waals surface area contributed by atoms with Gasteiger partial charge in [-0.15, -0.1) is 0 Å². The van der Waals surface area contributed by atoms with Crippen LogP contribution < -0.4 is 4.72 Å². The van der Waals surface area contributed by atoms with Gasteiger partial charge in [0.15, 0.2) is 4.91 Å². The van der Waals surface area contributed by atoms with Crippen molar-refractivity contribution in [2.24, 2.45) is 0 Å². The molecule has 0 amide bonds.